The molecule has 1 aromatic rings. The highest BCUT2D eigenvalue weighted by molar-refractivity contribution is 5.97. The summed E-state index contributed by atoms with van der Waals surface area (Å²) in [5.41, 5.74) is 0.321. The Morgan fingerprint density at radius 3 is 2.33 bits per heavy atom. The van der Waals surface area contributed by atoms with Gasteiger partial charge in [-0.2, -0.15) is 0 Å². The number of carbonyl (C=O) groups is 2. The quantitative estimate of drug-likeness (QED) is 0.803. The van der Waals surface area contributed by atoms with E-state index in [0.29, 0.717) is 23.5 Å². The van der Waals surface area contributed by atoms with Crippen molar-refractivity contribution in [2.45, 2.75) is 26.3 Å². The van der Waals surface area contributed by atoms with Crippen molar-refractivity contribution >= 4 is 11.9 Å². The van der Waals surface area contributed by atoms with Crippen molar-refractivity contribution in [3.63, 3.8) is 0 Å². The molecule has 116 valence electrons. The highest BCUT2D eigenvalue weighted by atomic mass is 16.5. The summed E-state index contributed by atoms with van der Waals surface area (Å²) in [5.74, 6) is -0.736. The molecule has 0 heterocycles. The Hall–Kier alpha value is -2.24. The third-order valence-electron chi connectivity index (χ3n) is 3.41. The second-order valence-corrected chi connectivity index (χ2v) is 4.74. The lowest BCUT2D eigenvalue weighted by atomic mass is 9.99. The molecule has 6 nitrogen and oxygen atoms in total. The maximum absolute atomic E-state index is 12.2. The van der Waals surface area contributed by atoms with Crippen molar-refractivity contribution in [2.75, 3.05) is 14.2 Å². The summed E-state index contributed by atoms with van der Waals surface area (Å²) in [6, 6.07) is 3.76. The van der Waals surface area contributed by atoms with Crippen LogP contribution in [0.4, 0.5) is 0 Å². The molecule has 0 saturated carbocycles. The van der Waals surface area contributed by atoms with Crippen LogP contribution in [-0.4, -0.2) is 37.2 Å². The third-order valence-corrected chi connectivity index (χ3v) is 3.41. The van der Waals surface area contributed by atoms with E-state index in [9.17, 15) is 14.7 Å². The third kappa shape index (κ3) is 4.11. The summed E-state index contributed by atoms with van der Waals surface area (Å²) in [6.07, 6.45) is 0.656. The smallest absolute Gasteiger partial charge is 0.326 e. The number of ether oxygens (including phenoxy) is 2. The zero-order chi connectivity index (χ0) is 16.0. The molecule has 0 radical (unpaired) electrons. The summed E-state index contributed by atoms with van der Waals surface area (Å²) < 4.78 is 10.2. The van der Waals surface area contributed by atoms with Crippen molar-refractivity contribution < 1.29 is 24.2 Å². The fraction of sp³-hybridized carbons (Fsp3) is 0.467. The van der Waals surface area contributed by atoms with E-state index in [1.165, 1.54) is 20.3 Å². The lowest BCUT2D eigenvalue weighted by molar-refractivity contribution is -0.140. The van der Waals surface area contributed by atoms with Gasteiger partial charge in [-0.3, -0.25) is 4.79 Å². The molecule has 6 heteroatoms. The van der Waals surface area contributed by atoms with Crippen LogP contribution in [0.2, 0.25) is 0 Å². The van der Waals surface area contributed by atoms with Gasteiger partial charge in [-0.25, -0.2) is 4.79 Å². The maximum atomic E-state index is 12.2. The minimum absolute atomic E-state index is 0.161. The number of hydrogen-bond acceptors (Lipinski definition) is 4. The fourth-order valence-corrected chi connectivity index (χ4v) is 1.89. The van der Waals surface area contributed by atoms with E-state index in [1.807, 2.05) is 6.92 Å². The monoisotopic (exact) mass is 295 g/mol. The number of carboxylic acids is 1. The van der Waals surface area contributed by atoms with E-state index < -0.39 is 17.9 Å². The van der Waals surface area contributed by atoms with Crippen LogP contribution >= 0.6 is 0 Å². The Morgan fingerprint density at radius 2 is 1.86 bits per heavy atom. The fourth-order valence-electron chi connectivity index (χ4n) is 1.89. The Bertz CT molecular complexity index is 515. The van der Waals surface area contributed by atoms with Crippen molar-refractivity contribution in [2.24, 2.45) is 5.92 Å². The first-order chi connectivity index (χ1) is 9.94. The number of carbonyl (C=O) groups excluding carboxylic acids is 1. The number of nitrogens with one attached hydrogen (secondary N) is 1. The minimum Gasteiger partial charge on any atom is -0.493 e. The highest BCUT2D eigenvalue weighted by Gasteiger charge is 2.26. The molecule has 21 heavy (non-hydrogen) atoms. The average Bonchev–Trinajstić information content (AvgIpc) is 2.50. The van der Waals surface area contributed by atoms with Gasteiger partial charge in [0.25, 0.3) is 5.91 Å². The topological polar surface area (TPSA) is 84.9 Å². The van der Waals surface area contributed by atoms with Gasteiger partial charge in [-0.1, -0.05) is 20.3 Å². The second kappa shape index (κ2) is 7.52. The molecule has 2 N–H and O–H groups in total. The number of hydrogen-bond donors (Lipinski definition) is 2. The summed E-state index contributed by atoms with van der Waals surface area (Å²) in [5, 5.41) is 11.7. The molecule has 0 aliphatic carbocycles. The molecule has 1 amide bonds. The van der Waals surface area contributed by atoms with E-state index >= 15 is 0 Å². The Balaban J connectivity index is 2.95. The van der Waals surface area contributed by atoms with Crippen LogP contribution in [0.3, 0.4) is 0 Å². The Kier molecular flexibility index (Phi) is 6.02. The normalized spacial score (nSPS) is 13.1. The molecule has 0 spiro atoms. The van der Waals surface area contributed by atoms with Crippen LogP contribution in [0, 0.1) is 5.92 Å². The van der Waals surface area contributed by atoms with Crippen LogP contribution in [0.15, 0.2) is 18.2 Å². The van der Waals surface area contributed by atoms with Crippen molar-refractivity contribution in [1.29, 1.82) is 0 Å². The van der Waals surface area contributed by atoms with Crippen molar-refractivity contribution in [3.8, 4) is 11.5 Å². The lowest BCUT2D eigenvalue weighted by Crippen LogP contribution is -2.45. The molecule has 1 rings (SSSR count). The molecule has 0 fully saturated rings. The van der Waals surface area contributed by atoms with E-state index in [4.69, 9.17) is 9.47 Å². The van der Waals surface area contributed by atoms with Crippen LogP contribution in [0.25, 0.3) is 0 Å². The van der Waals surface area contributed by atoms with E-state index in [1.54, 1.807) is 19.1 Å². The maximum Gasteiger partial charge on any atom is 0.326 e. The zero-order valence-electron chi connectivity index (χ0n) is 12.7. The van der Waals surface area contributed by atoms with Crippen molar-refractivity contribution in [3.05, 3.63) is 23.8 Å². The number of amides is 1. The van der Waals surface area contributed by atoms with Gasteiger partial charge < -0.3 is 19.9 Å². The average molecular weight is 295 g/mol. The standard InChI is InChI=1S/C15H21NO5/c1-5-9(2)13(15(18)19)16-14(17)10-6-7-11(20-3)12(8-10)21-4/h6-9,13H,5H2,1-4H3,(H,16,17)(H,18,19)/t9?,13-/m0/s1. The molecule has 0 aliphatic heterocycles. The van der Waals surface area contributed by atoms with Gasteiger partial charge in [-0.05, 0) is 24.1 Å². The van der Waals surface area contributed by atoms with Crippen LogP contribution in [0.5, 0.6) is 11.5 Å². The van der Waals surface area contributed by atoms with Crippen LogP contribution < -0.4 is 14.8 Å². The molecule has 0 aliphatic rings. The summed E-state index contributed by atoms with van der Waals surface area (Å²) >= 11 is 0. The number of methoxy groups -OCH3 is 2. The largest absolute Gasteiger partial charge is 0.493 e. The molecular weight excluding hydrogens is 274 g/mol. The lowest BCUT2D eigenvalue weighted by Gasteiger charge is -2.20. The van der Waals surface area contributed by atoms with Gasteiger partial charge >= 0.3 is 5.97 Å². The summed E-state index contributed by atoms with van der Waals surface area (Å²) in [4.78, 5) is 23.4. The molecular formula is C15H21NO5. The van der Waals surface area contributed by atoms with Gasteiger partial charge in [-0.15, -0.1) is 0 Å². The van der Waals surface area contributed by atoms with Crippen molar-refractivity contribution in [1.82, 2.24) is 5.32 Å². The van der Waals surface area contributed by atoms with Gasteiger partial charge in [0.05, 0.1) is 14.2 Å². The molecule has 1 aromatic carbocycles. The predicted molar refractivity (Wildman–Crippen MR) is 77.9 cm³/mol. The van der Waals surface area contributed by atoms with Gasteiger partial charge in [0.2, 0.25) is 0 Å². The first-order valence-electron chi connectivity index (χ1n) is 6.70. The number of carboxylic acid groups (broad SMARTS) is 1. The predicted octanol–water partition coefficient (Wildman–Crippen LogP) is 1.93. The van der Waals surface area contributed by atoms with Crippen LogP contribution in [-0.2, 0) is 4.79 Å². The summed E-state index contributed by atoms with van der Waals surface area (Å²) in [6.45, 7) is 3.66. The molecule has 0 bridgehead atoms. The Morgan fingerprint density at radius 1 is 1.24 bits per heavy atom. The van der Waals surface area contributed by atoms with E-state index in [0.717, 1.165) is 0 Å². The van der Waals surface area contributed by atoms with Crippen LogP contribution in [0.1, 0.15) is 30.6 Å². The number of benzene rings is 1. The number of rotatable bonds is 7. The van der Waals surface area contributed by atoms with Gasteiger partial charge in [0.1, 0.15) is 6.04 Å². The minimum atomic E-state index is -1.04. The van der Waals surface area contributed by atoms with Gasteiger partial charge in [0.15, 0.2) is 11.5 Å². The highest BCUT2D eigenvalue weighted by Crippen LogP contribution is 2.27. The van der Waals surface area contributed by atoms with E-state index in [2.05, 4.69) is 5.32 Å². The number of aliphatic carboxylic acids is 1. The molecule has 0 saturated heterocycles. The Labute approximate surface area is 124 Å². The molecule has 1 unspecified atom stereocenters. The first-order valence-corrected chi connectivity index (χ1v) is 6.70. The molecule has 2 atom stereocenters. The van der Waals surface area contributed by atoms with E-state index in [-0.39, 0.29) is 5.92 Å². The molecule has 0 aromatic heterocycles. The first kappa shape index (κ1) is 16.8. The SMILES string of the molecule is CCC(C)[C@H](NC(=O)c1ccc(OC)c(OC)c1)C(=O)O. The second-order valence-electron chi connectivity index (χ2n) is 4.74. The van der Waals surface area contributed by atoms with Gasteiger partial charge in [0, 0.05) is 5.56 Å². The summed E-state index contributed by atoms with van der Waals surface area (Å²) in [7, 11) is 2.97. The zero-order valence-corrected chi connectivity index (χ0v) is 12.7.